The number of hydrogen-bond donors (Lipinski definition) is 1. The van der Waals surface area contributed by atoms with E-state index in [9.17, 15) is 8.42 Å². The molecular formula is C9H21NO2S. The van der Waals surface area contributed by atoms with Gasteiger partial charge >= 0.3 is 0 Å². The Hall–Kier alpha value is -0.0900. The second kappa shape index (κ2) is 5.60. The maximum Gasteiger partial charge on any atom is 0.150 e. The fourth-order valence-electron chi connectivity index (χ4n) is 1.12. The van der Waals surface area contributed by atoms with Gasteiger partial charge in [0.1, 0.15) is 0 Å². The van der Waals surface area contributed by atoms with E-state index in [4.69, 9.17) is 5.73 Å². The van der Waals surface area contributed by atoms with Crippen molar-refractivity contribution in [2.24, 2.45) is 17.6 Å². The number of nitrogens with two attached hydrogens (primary N) is 1. The Labute approximate surface area is 81.6 Å². The van der Waals surface area contributed by atoms with Gasteiger partial charge < -0.3 is 5.73 Å². The molecule has 0 saturated heterocycles. The zero-order valence-electron chi connectivity index (χ0n) is 8.79. The van der Waals surface area contributed by atoms with Gasteiger partial charge in [-0.05, 0) is 18.4 Å². The summed E-state index contributed by atoms with van der Waals surface area (Å²) in [5, 5.41) is 0. The molecule has 80 valence electrons. The number of rotatable bonds is 6. The first kappa shape index (κ1) is 12.9. The first-order valence-electron chi connectivity index (χ1n) is 4.81. The van der Waals surface area contributed by atoms with E-state index in [1.165, 1.54) is 0 Å². The van der Waals surface area contributed by atoms with Crippen molar-refractivity contribution in [3.8, 4) is 0 Å². The summed E-state index contributed by atoms with van der Waals surface area (Å²) in [4.78, 5) is 0. The summed E-state index contributed by atoms with van der Waals surface area (Å²) >= 11 is 0. The second-order valence-corrected chi connectivity index (χ2v) is 6.09. The summed E-state index contributed by atoms with van der Waals surface area (Å²) in [6, 6.07) is 0. The zero-order chi connectivity index (χ0) is 10.5. The molecule has 0 rings (SSSR count). The lowest BCUT2D eigenvalue weighted by Crippen LogP contribution is -2.25. The van der Waals surface area contributed by atoms with Crippen molar-refractivity contribution in [3.63, 3.8) is 0 Å². The lowest BCUT2D eigenvalue weighted by molar-refractivity contribution is 0.549. The maximum atomic E-state index is 11.5. The van der Waals surface area contributed by atoms with Crippen LogP contribution in [0, 0.1) is 11.8 Å². The fraction of sp³-hybridized carbons (Fsp3) is 1.00. The van der Waals surface area contributed by atoms with Crippen LogP contribution in [0.4, 0.5) is 0 Å². The van der Waals surface area contributed by atoms with Crippen LogP contribution in [0.2, 0.25) is 0 Å². The standard InChI is InChI=1S/C9H21NO2S/c1-4-8(2)6-13(11,12)7-9(3)5-10/h8-9H,4-7,10H2,1-3H3. The molecule has 0 spiro atoms. The lowest BCUT2D eigenvalue weighted by Gasteiger charge is -2.12. The van der Waals surface area contributed by atoms with Gasteiger partial charge in [0.2, 0.25) is 0 Å². The van der Waals surface area contributed by atoms with Gasteiger partial charge in [-0.15, -0.1) is 0 Å². The SMILES string of the molecule is CCC(C)CS(=O)(=O)CC(C)CN. The van der Waals surface area contributed by atoms with Crippen molar-refractivity contribution in [1.29, 1.82) is 0 Å². The molecule has 3 nitrogen and oxygen atoms in total. The molecule has 0 radical (unpaired) electrons. The maximum absolute atomic E-state index is 11.5. The molecule has 0 saturated carbocycles. The molecule has 2 unspecified atom stereocenters. The topological polar surface area (TPSA) is 60.2 Å². The monoisotopic (exact) mass is 207 g/mol. The summed E-state index contributed by atoms with van der Waals surface area (Å²) in [6.07, 6.45) is 0.913. The first-order valence-corrected chi connectivity index (χ1v) is 6.64. The van der Waals surface area contributed by atoms with E-state index < -0.39 is 9.84 Å². The molecule has 0 aliphatic heterocycles. The zero-order valence-corrected chi connectivity index (χ0v) is 9.60. The Morgan fingerprint density at radius 3 is 2.00 bits per heavy atom. The summed E-state index contributed by atoms with van der Waals surface area (Å²) in [5.41, 5.74) is 5.38. The predicted molar refractivity (Wildman–Crippen MR) is 56.3 cm³/mol. The van der Waals surface area contributed by atoms with Gasteiger partial charge in [-0.2, -0.15) is 0 Å². The highest BCUT2D eigenvalue weighted by Crippen LogP contribution is 2.08. The molecule has 0 bridgehead atoms. The molecule has 0 amide bonds. The van der Waals surface area contributed by atoms with Crippen LogP contribution in [0.15, 0.2) is 0 Å². The first-order chi connectivity index (χ1) is 5.91. The highest BCUT2D eigenvalue weighted by molar-refractivity contribution is 7.91. The van der Waals surface area contributed by atoms with E-state index >= 15 is 0 Å². The summed E-state index contributed by atoms with van der Waals surface area (Å²) in [7, 11) is -2.88. The Bertz CT molecular complexity index is 206. The minimum Gasteiger partial charge on any atom is -0.330 e. The quantitative estimate of drug-likeness (QED) is 0.708. The fourth-order valence-corrected chi connectivity index (χ4v) is 3.36. The third-order valence-corrected chi connectivity index (χ3v) is 4.33. The smallest absolute Gasteiger partial charge is 0.150 e. The minimum atomic E-state index is -2.88. The molecule has 0 aromatic rings. The van der Waals surface area contributed by atoms with Crippen molar-refractivity contribution >= 4 is 9.84 Å². The van der Waals surface area contributed by atoms with Crippen LogP contribution >= 0.6 is 0 Å². The van der Waals surface area contributed by atoms with Gasteiger partial charge in [0.15, 0.2) is 9.84 Å². The van der Waals surface area contributed by atoms with Gasteiger partial charge in [0.25, 0.3) is 0 Å². The van der Waals surface area contributed by atoms with Crippen LogP contribution in [0.1, 0.15) is 27.2 Å². The Morgan fingerprint density at radius 2 is 1.62 bits per heavy atom. The summed E-state index contributed by atoms with van der Waals surface area (Å²) in [6.45, 7) is 6.28. The number of sulfone groups is 1. The summed E-state index contributed by atoms with van der Waals surface area (Å²) < 4.78 is 23.0. The molecule has 13 heavy (non-hydrogen) atoms. The van der Waals surface area contributed by atoms with Gasteiger partial charge in [0, 0.05) is 0 Å². The van der Waals surface area contributed by atoms with Crippen molar-refractivity contribution < 1.29 is 8.42 Å². The van der Waals surface area contributed by atoms with E-state index in [-0.39, 0.29) is 17.6 Å². The van der Waals surface area contributed by atoms with Crippen molar-refractivity contribution in [3.05, 3.63) is 0 Å². The van der Waals surface area contributed by atoms with E-state index in [1.54, 1.807) is 0 Å². The average molecular weight is 207 g/mol. The Morgan fingerprint density at radius 1 is 1.15 bits per heavy atom. The predicted octanol–water partition coefficient (Wildman–Crippen LogP) is 1.04. The molecule has 0 fully saturated rings. The molecule has 0 aromatic heterocycles. The van der Waals surface area contributed by atoms with Crippen molar-refractivity contribution in [2.75, 3.05) is 18.1 Å². The van der Waals surface area contributed by atoms with Gasteiger partial charge in [-0.1, -0.05) is 27.2 Å². The highest BCUT2D eigenvalue weighted by Gasteiger charge is 2.17. The van der Waals surface area contributed by atoms with E-state index in [0.717, 1.165) is 6.42 Å². The van der Waals surface area contributed by atoms with Gasteiger partial charge in [-0.25, -0.2) is 8.42 Å². The van der Waals surface area contributed by atoms with Crippen LogP contribution in [0.5, 0.6) is 0 Å². The molecule has 0 aliphatic carbocycles. The second-order valence-electron chi connectivity index (χ2n) is 3.93. The van der Waals surface area contributed by atoms with Crippen molar-refractivity contribution in [2.45, 2.75) is 27.2 Å². The highest BCUT2D eigenvalue weighted by atomic mass is 32.2. The molecule has 2 atom stereocenters. The molecule has 2 N–H and O–H groups in total. The van der Waals surface area contributed by atoms with Crippen LogP contribution in [0.3, 0.4) is 0 Å². The minimum absolute atomic E-state index is 0.0778. The van der Waals surface area contributed by atoms with Crippen LogP contribution < -0.4 is 5.73 Å². The van der Waals surface area contributed by atoms with E-state index in [1.807, 2.05) is 20.8 Å². The molecule has 0 aromatic carbocycles. The lowest BCUT2D eigenvalue weighted by atomic mass is 10.2. The van der Waals surface area contributed by atoms with Gasteiger partial charge in [0.05, 0.1) is 11.5 Å². The normalized spacial score (nSPS) is 16.9. The van der Waals surface area contributed by atoms with Gasteiger partial charge in [-0.3, -0.25) is 0 Å². The average Bonchev–Trinajstić information content (AvgIpc) is 2.02. The van der Waals surface area contributed by atoms with Crippen LogP contribution in [0.25, 0.3) is 0 Å². The van der Waals surface area contributed by atoms with Crippen LogP contribution in [-0.4, -0.2) is 26.5 Å². The van der Waals surface area contributed by atoms with E-state index in [2.05, 4.69) is 0 Å². The van der Waals surface area contributed by atoms with E-state index in [0.29, 0.717) is 12.3 Å². The molecule has 0 heterocycles. The Balaban J connectivity index is 4.09. The molecule has 0 aliphatic rings. The Kier molecular flexibility index (Phi) is 5.56. The molecular weight excluding hydrogens is 186 g/mol. The number of hydrogen-bond acceptors (Lipinski definition) is 3. The summed E-state index contributed by atoms with van der Waals surface area (Å²) in [5.74, 6) is 0.867. The molecule has 4 heteroatoms. The third kappa shape index (κ3) is 6.05. The third-order valence-electron chi connectivity index (χ3n) is 2.18. The largest absolute Gasteiger partial charge is 0.330 e. The van der Waals surface area contributed by atoms with Crippen molar-refractivity contribution in [1.82, 2.24) is 0 Å². The van der Waals surface area contributed by atoms with Crippen LogP contribution in [-0.2, 0) is 9.84 Å².